The van der Waals surface area contributed by atoms with E-state index in [0.29, 0.717) is 24.4 Å². The third-order valence-corrected chi connectivity index (χ3v) is 9.52. The summed E-state index contributed by atoms with van der Waals surface area (Å²) in [4.78, 5) is 40.0. The lowest BCUT2D eigenvalue weighted by Crippen LogP contribution is -2.58. The minimum Gasteiger partial charge on any atom is -0.505 e. The van der Waals surface area contributed by atoms with E-state index in [4.69, 9.17) is 39.8 Å². The number of benzene rings is 1. The topological polar surface area (TPSA) is 115 Å². The van der Waals surface area contributed by atoms with Crippen molar-refractivity contribution in [3.8, 4) is 23.1 Å². The average molecular weight is 704 g/mol. The molecule has 1 N–H and O–H groups in total. The van der Waals surface area contributed by atoms with Gasteiger partial charge in [0.15, 0.2) is 17.4 Å². The van der Waals surface area contributed by atoms with Crippen LogP contribution in [-0.2, 0) is 4.79 Å². The molecule has 1 aromatic carbocycles. The highest BCUT2D eigenvalue weighted by Gasteiger charge is 2.36. The van der Waals surface area contributed by atoms with Crippen LogP contribution < -0.4 is 10.5 Å². The van der Waals surface area contributed by atoms with Gasteiger partial charge in [-0.2, -0.15) is 5.26 Å². The number of nitriles is 1. The van der Waals surface area contributed by atoms with E-state index in [0.717, 1.165) is 5.57 Å². The van der Waals surface area contributed by atoms with Crippen LogP contribution in [0.3, 0.4) is 0 Å². The van der Waals surface area contributed by atoms with Crippen molar-refractivity contribution in [1.82, 2.24) is 14.5 Å². The van der Waals surface area contributed by atoms with Crippen LogP contribution in [0.1, 0.15) is 46.6 Å². The number of aromatic hydroxyl groups is 1. The number of amides is 1. The predicted molar refractivity (Wildman–Crippen MR) is 182 cm³/mol. The number of piperazine rings is 1. The van der Waals surface area contributed by atoms with Gasteiger partial charge in [-0.1, -0.05) is 55.2 Å². The largest absolute Gasteiger partial charge is 0.505 e. The molecule has 2 aliphatic rings. The van der Waals surface area contributed by atoms with E-state index in [9.17, 15) is 24.3 Å². The van der Waals surface area contributed by atoms with E-state index >= 15 is 4.39 Å². The summed E-state index contributed by atoms with van der Waals surface area (Å²) in [6.07, 6.45) is 1.76. The molecule has 47 heavy (non-hydrogen) atoms. The van der Waals surface area contributed by atoms with Crippen LogP contribution in [0.15, 0.2) is 34.1 Å². The second-order valence-electron chi connectivity index (χ2n) is 12.0. The Morgan fingerprint density at radius 1 is 1.17 bits per heavy atom. The molecule has 0 unspecified atom stereocenters. The minimum atomic E-state index is -1.56. The van der Waals surface area contributed by atoms with E-state index < -0.39 is 38.6 Å². The zero-order chi connectivity index (χ0) is 34.6. The standard InChI is InChI=1S/C33H31Cl3F2N6O3/c1-7-21(45)43-16(5)12-42(13-17(43)6)30-18-10-20(34)28(22-23(35)31(46)24(36)26(38)25(22)37)41-32(18)44(33(47)19(30)11-39)29-15(4)8-9-40-27(29)14(2)3/h7,10,14,16-17,46H,1,8-9,12-13H2,2-6H3/t16-,17+. The number of hydrogen-bond acceptors (Lipinski definition) is 7. The molecule has 2 atom stereocenters. The molecule has 2 aliphatic heterocycles. The number of halogens is 5. The van der Waals surface area contributed by atoms with Gasteiger partial charge >= 0.3 is 0 Å². The summed E-state index contributed by atoms with van der Waals surface area (Å²) in [6, 6.07) is 2.82. The molecule has 1 fully saturated rings. The van der Waals surface area contributed by atoms with Crippen molar-refractivity contribution in [2.45, 2.75) is 53.1 Å². The number of nitrogens with zero attached hydrogens (tertiary/aromatic N) is 6. The zero-order valence-corrected chi connectivity index (χ0v) is 28.5. The number of aromatic nitrogens is 2. The Morgan fingerprint density at radius 3 is 2.38 bits per heavy atom. The normalized spacial score (nSPS) is 18.6. The highest BCUT2D eigenvalue weighted by atomic mass is 35.5. The van der Waals surface area contributed by atoms with Crippen molar-refractivity contribution in [1.29, 1.82) is 5.26 Å². The molecule has 1 amide bonds. The molecule has 2 aromatic heterocycles. The first-order valence-electron chi connectivity index (χ1n) is 14.8. The molecular formula is C33H31Cl3F2N6O3. The molecule has 5 rings (SSSR count). The smallest absolute Gasteiger partial charge is 0.276 e. The number of hydrogen-bond donors (Lipinski definition) is 1. The lowest BCUT2D eigenvalue weighted by molar-refractivity contribution is -0.130. The molecule has 246 valence electrons. The summed E-state index contributed by atoms with van der Waals surface area (Å²) in [7, 11) is 0. The minimum absolute atomic E-state index is 0.0248. The number of phenolic OH excluding ortho intramolecular Hbond substituents is 1. The third kappa shape index (κ3) is 5.56. The lowest BCUT2D eigenvalue weighted by Gasteiger charge is -2.45. The fourth-order valence-electron chi connectivity index (χ4n) is 6.47. The van der Waals surface area contributed by atoms with E-state index in [1.54, 1.807) is 4.90 Å². The van der Waals surface area contributed by atoms with Crippen molar-refractivity contribution < 1.29 is 18.7 Å². The van der Waals surface area contributed by atoms with Gasteiger partial charge in [0, 0.05) is 37.1 Å². The second-order valence-corrected chi connectivity index (χ2v) is 13.2. The molecule has 1 saturated heterocycles. The first-order chi connectivity index (χ1) is 22.2. The molecule has 0 radical (unpaired) electrons. The number of carbonyl (C=O) groups is 1. The van der Waals surface area contributed by atoms with E-state index in [1.165, 1.54) is 16.7 Å². The van der Waals surface area contributed by atoms with Gasteiger partial charge in [-0.3, -0.25) is 19.1 Å². The quantitative estimate of drug-likeness (QED) is 0.171. The molecule has 4 heterocycles. The van der Waals surface area contributed by atoms with Crippen LogP contribution >= 0.6 is 34.8 Å². The molecule has 9 nitrogen and oxygen atoms in total. The molecule has 0 aliphatic carbocycles. The fourth-order valence-corrected chi connectivity index (χ4v) is 7.21. The maximum atomic E-state index is 15.5. The Morgan fingerprint density at radius 2 is 1.81 bits per heavy atom. The molecule has 3 aromatic rings. The van der Waals surface area contributed by atoms with Crippen molar-refractivity contribution in [3.63, 3.8) is 0 Å². The van der Waals surface area contributed by atoms with Crippen LogP contribution in [0.5, 0.6) is 5.75 Å². The molecule has 0 saturated carbocycles. The van der Waals surface area contributed by atoms with Crippen LogP contribution in [0.4, 0.5) is 14.5 Å². The van der Waals surface area contributed by atoms with Gasteiger partial charge in [0.25, 0.3) is 5.56 Å². The van der Waals surface area contributed by atoms with Gasteiger partial charge in [0.2, 0.25) is 5.91 Å². The van der Waals surface area contributed by atoms with Gasteiger partial charge in [0.05, 0.1) is 38.4 Å². The first kappa shape index (κ1) is 34.4. The monoisotopic (exact) mass is 702 g/mol. The summed E-state index contributed by atoms with van der Waals surface area (Å²) < 4.78 is 31.6. The van der Waals surface area contributed by atoms with Gasteiger partial charge in [0.1, 0.15) is 22.3 Å². The molecule has 0 bridgehead atoms. The average Bonchev–Trinajstić information content (AvgIpc) is 3.02. The number of allylic oxidation sites excluding steroid dienone is 1. The Bertz CT molecular complexity index is 1990. The summed E-state index contributed by atoms with van der Waals surface area (Å²) in [5, 5.41) is 19.4. The van der Waals surface area contributed by atoms with E-state index in [1.807, 2.05) is 39.5 Å². The van der Waals surface area contributed by atoms with Crippen molar-refractivity contribution in [2.24, 2.45) is 10.9 Å². The molecular weight excluding hydrogens is 673 g/mol. The number of pyridine rings is 2. The fraction of sp³-hybridized carbons (Fsp3) is 0.364. The van der Waals surface area contributed by atoms with Crippen LogP contribution in [0.25, 0.3) is 28.0 Å². The Hall–Kier alpha value is -3.98. The number of dihydropyridines is 1. The molecule has 0 spiro atoms. The van der Waals surface area contributed by atoms with Gasteiger partial charge in [-0.05, 0) is 50.8 Å². The maximum Gasteiger partial charge on any atom is 0.276 e. The van der Waals surface area contributed by atoms with Crippen LogP contribution in [0, 0.1) is 28.9 Å². The Labute approximate surface area is 285 Å². The van der Waals surface area contributed by atoms with Crippen molar-refractivity contribution in [3.05, 3.63) is 66.9 Å². The van der Waals surface area contributed by atoms with Crippen molar-refractivity contribution in [2.75, 3.05) is 24.5 Å². The number of phenols is 1. The summed E-state index contributed by atoms with van der Waals surface area (Å²) in [5.41, 5.74) is 0.119. The van der Waals surface area contributed by atoms with Gasteiger partial charge < -0.3 is 14.9 Å². The van der Waals surface area contributed by atoms with Gasteiger partial charge in [-0.15, -0.1) is 0 Å². The number of fused-ring (bicyclic) bond motifs is 1. The number of anilines is 1. The van der Waals surface area contributed by atoms with Crippen LogP contribution in [0.2, 0.25) is 15.1 Å². The second kappa shape index (κ2) is 12.9. The summed E-state index contributed by atoms with van der Waals surface area (Å²) in [5.74, 6) is -4.36. The number of aliphatic imine (C=N–C) groups is 1. The lowest BCUT2D eigenvalue weighted by atomic mass is 9.96. The van der Waals surface area contributed by atoms with Crippen molar-refractivity contribution >= 4 is 68.8 Å². The number of carbonyl (C=O) groups excluding carboxylic acids is 1. The Kier molecular flexibility index (Phi) is 9.43. The van der Waals surface area contributed by atoms with Gasteiger partial charge in [-0.25, -0.2) is 13.8 Å². The third-order valence-electron chi connectivity index (χ3n) is 8.52. The zero-order valence-electron chi connectivity index (χ0n) is 26.3. The first-order valence-corrected chi connectivity index (χ1v) is 16.0. The summed E-state index contributed by atoms with van der Waals surface area (Å²) >= 11 is 18.8. The highest BCUT2D eigenvalue weighted by molar-refractivity contribution is 6.40. The van der Waals surface area contributed by atoms with E-state index in [-0.39, 0.29) is 70.0 Å². The van der Waals surface area contributed by atoms with E-state index in [2.05, 4.69) is 17.6 Å². The molecule has 14 heteroatoms. The maximum absolute atomic E-state index is 15.5. The summed E-state index contributed by atoms with van der Waals surface area (Å²) in [6.45, 7) is 14.0. The SMILES string of the molecule is C=CC(=O)N1[C@H](C)CN(c2c(C#N)c(=O)n(C3=C(C)CCN=C3C(C)C)c3nc(-c4c(F)c(F)c(Cl)c(O)c4Cl)c(Cl)cc23)C[C@@H]1C. The predicted octanol–water partition coefficient (Wildman–Crippen LogP) is 7.22. The highest BCUT2D eigenvalue weighted by Crippen LogP contribution is 2.46. The Balaban J connectivity index is 1.93. The van der Waals surface area contributed by atoms with Crippen LogP contribution in [-0.4, -0.2) is 62.9 Å². The number of rotatable bonds is 5.